The van der Waals surface area contributed by atoms with Crippen molar-refractivity contribution in [2.45, 2.75) is 12.3 Å². The van der Waals surface area contributed by atoms with Crippen LogP contribution in [0.3, 0.4) is 0 Å². The summed E-state index contributed by atoms with van der Waals surface area (Å²) in [5.74, 6) is -2.12. The first kappa shape index (κ1) is 12.3. The maximum atomic E-state index is 12.8. The molecule has 0 spiro atoms. The number of carbonyl (C=O) groups excluding carboxylic acids is 2. The summed E-state index contributed by atoms with van der Waals surface area (Å²) in [5, 5.41) is 1.70. The average Bonchev–Trinajstić information content (AvgIpc) is 2.56. The van der Waals surface area contributed by atoms with Crippen LogP contribution in [0.4, 0.5) is 22.4 Å². The van der Waals surface area contributed by atoms with Gasteiger partial charge in [0.25, 0.3) is 5.91 Å². The predicted molar refractivity (Wildman–Crippen MR) is 48.8 cm³/mol. The molecule has 0 aliphatic carbocycles. The van der Waals surface area contributed by atoms with Gasteiger partial charge in [0.1, 0.15) is 5.82 Å². The zero-order valence-corrected chi connectivity index (χ0v) is 8.55. The third-order valence-corrected chi connectivity index (χ3v) is 2.29. The minimum Gasteiger partial charge on any atom is -0.431 e. The Hall–Kier alpha value is -2.12. The summed E-state index contributed by atoms with van der Waals surface area (Å²) in [7, 11) is 0. The van der Waals surface area contributed by atoms with Gasteiger partial charge in [-0.3, -0.25) is 10.1 Å². The minimum absolute atomic E-state index is 0.245. The summed E-state index contributed by atoms with van der Waals surface area (Å²) in [5.41, 5.74) is -1.95. The zero-order chi connectivity index (χ0) is 13.5. The number of benzene rings is 1. The van der Waals surface area contributed by atoms with Crippen LogP contribution in [0.25, 0.3) is 0 Å². The number of carbonyl (C=O) groups is 2. The maximum absolute atomic E-state index is 12.8. The van der Waals surface area contributed by atoms with Crippen molar-refractivity contribution in [3.63, 3.8) is 0 Å². The molecule has 0 aromatic heterocycles. The van der Waals surface area contributed by atoms with E-state index in [4.69, 9.17) is 0 Å². The quantitative estimate of drug-likeness (QED) is 0.790. The number of amides is 2. The standard InChI is InChI=1S/C10H5F4NO3/c11-4-1-2-5(6(3-4)10(12,13)14)7-8(16)15-9(17)18-7/h1-3,7H,(H,15,16,17). The lowest BCUT2D eigenvalue weighted by Gasteiger charge is -2.15. The average molecular weight is 263 g/mol. The third-order valence-electron chi connectivity index (χ3n) is 2.29. The normalized spacial score (nSPS) is 19.7. The molecule has 18 heavy (non-hydrogen) atoms. The molecular weight excluding hydrogens is 258 g/mol. The Kier molecular flexibility index (Phi) is 2.72. The minimum atomic E-state index is -4.85. The highest BCUT2D eigenvalue weighted by Crippen LogP contribution is 2.37. The van der Waals surface area contributed by atoms with E-state index in [1.807, 2.05) is 0 Å². The number of imide groups is 1. The van der Waals surface area contributed by atoms with E-state index in [0.29, 0.717) is 0 Å². The number of ether oxygens (including phenoxy) is 1. The van der Waals surface area contributed by atoms with E-state index in [9.17, 15) is 27.2 Å². The lowest BCUT2D eigenvalue weighted by molar-refractivity contribution is -0.139. The molecule has 1 aromatic rings. The first-order valence-electron chi connectivity index (χ1n) is 4.67. The molecular formula is C10H5F4NO3. The van der Waals surface area contributed by atoms with E-state index in [1.165, 1.54) is 0 Å². The number of rotatable bonds is 1. The lowest BCUT2D eigenvalue weighted by atomic mass is 10.0. The van der Waals surface area contributed by atoms with Gasteiger partial charge in [-0.15, -0.1) is 0 Å². The third kappa shape index (κ3) is 2.13. The first-order chi connectivity index (χ1) is 8.29. The second-order valence-corrected chi connectivity index (χ2v) is 3.50. The van der Waals surface area contributed by atoms with Crippen molar-refractivity contribution in [1.82, 2.24) is 5.32 Å². The first-order valence-corrected chi connectivity index (χ1v) is 4.67. The summed E-state index contributed by atoms with van der Waals surface area (Å²) < 4.78 is 55.2. The van der Waals surface area contributed by atoms with Gasteiger partial charge < -0.3 is 4.74 Å². The number of alkyl carbamates (subject to hydrolysis) is 1. The fraction of sp³-hybridized carbons (Fsp3) is 0.200. The van der Waals surface area contributed by atoms with E-state index in [-0.39, 0.29) is 6.07 Å². The van der Waals surface area contributed by atoms with Gasteiger partial charge in [-0.25, -0.2) is 9.18 Å². The van der Waals surface area contributed by atoms with Crippen LogP contribution in [0.1, 0.15) is 17.2 Å². The van der Waals surface area contributed by atoms with E-state index in [2.05, 4.69) is 4.74 Å². The molecule has 1 aliphatic heterocycles. The van der Waals surface area contributed by atoms with Crippen LogP contribution in [0.5, 0.6) is 0 Å². The molecule has 4 nitrogen and oxygen atoms in total. The SMILES string of the molecule is O=C1NC(=O)C(c2ccc(F)cc2C(F)(F)F)O1. The van der Waals surface area contributed by atoms with Crippen LogP contribution in [0, 0.1) is 5.82 Å². The van der Waals surface area contributed by atoms with Crippen molar-refractivity contribution < 1.29 is 31.9 Å². The Morgan fingerprint density at radius 1 is 1.22 bits per heavy atom. The molecule has 1 N–H and O–H groups in total. The summed E-state index contributed by atoms with van der Waals surface area (Å²) in [4.78, 5) is 22.0. The van der Waals surface area contributed by atoms with Crippen molar-refractivity contribution in [2.75, 3.05) is 0 Å². The van der Waals surface area contributed by atoms with Crippen molar-refractivity contribution in [1.29, 1.82) is 0 Å². The predicted octanol–water partition coefficient (Wildman–Crippen LogP) is 2.15. The van der Waals surface area contributed by atoms with Crippen molar-refractivity contribution in [3.05, 3.63) is 35.1 Å². The van der Waals surface area contributed by atoms with Gasteiger partial charge in [0.2, 0.25) is 6.10 Å². The highest BCUT2D eigenvalue weighted by atomic mass is 19.4. The molecule has 1 unspecified atom stereocenters. The highest BCUT2D eigenvalue weighted by Gasteiger charge is 2.41. The van der Waals surface area contributed by atoms with Gasteiger partial charge in [0.15, 0.2) is 0 Å². The summed E-state index contributed by atoms with van der Waals surface area (Å²) in [6, 6.07) is 1.76. The number of cyclic esters (lactones) is 1. The summed E-state index contributed by atoms with van der Waals surface area (Å²) in [6.45, 7) is 0. The monoisotopic (exact) mass is 263 g/mol. The highest BCUT2D eigenvalue weighted by molar-refractivity contribution is 6.00. The molecule has 0 saturated carbocycles. The molecule has 2 rings (SSSR count). The van der Waals surface area contributed by atoms with Crippen LogP contribution in [-0.2, 0) is 15.7 Å². The molecule has 96 valence electrons. The van der Waals surface area contributed by atoms with E-state index in [1.54, 1.807) is 5.32 Å². The van der Waals surface area contributed by atoms with Gasteiger partial charge in [0.05, 0.1) is 5.56 Å². The van der Waals surface area contributed by atoms with Crippen LogP contribution in [0.15, 0.2) is 18.2 Å². The summed E-state index contributed by atoms with van der Waals surface area (Å²) >= 11 is 0. The van der Waals surface area contributed by atoms with Gasteiger partial charge in [0, 0.05) is 5.56 Å². The second kappa shape index (κ2) is 3.97. The Balaban J connectivity index is 2.51. The number of alkyl halides is 3. The van der Waals surface area contributed by atoms with Crippen molar-refractivity contribution in [2.24, 2.45) is 0 Å². The van der Waals surface area contributed by atoms with Crippen molar-refractivity contribution >= 4 is 12.0 Å². The molecule has 1 heterocycles. The molecule has 1 aliphatic rings. The largest absolute Gasteiger partial charge is 0.431 e. The molecule has 1 atom stereocenters. The molecule has 1 fully saturated rings. The van der Waals surface area contributed by atoms with Crippen LogP contribution < -0.4 is 5.32 Å². The zero-order valence-electron chi connectivity index (χ0n) is 8.55. The lowest BCUT2D eigenvalue weighted by Crippen LogP contribution is -2.22. The Labute approximate surface area is 97.5 Å². The molecule has 1 aromatic carbocycles. The van der Waals surface area contributed by atoms with Gasteiger partial charge in [-0.05, 0) is 12.1 Å². The fourth-order valence-corrected chi connectivity index (χ4v) is 1.56. The van der Waals surface area contributed by atoms with Crippen LogP contribution in [-0.4, -0.2) is 12.0 Å². The van der Waals surface area contributed by atoms with Gasteiger partial charge >= 0.3 is 12.3 Å². The Morgan fingerprint density at radius 3 is 2.39 bits per heavy atom. The van der Waals surface area contributed by atoms with Crippen molar-refractivity contribution in [3.8, 4) is 0 Å². The molecule has 0 bridgehead atoms. The Bertz CT molecular complexity index is 526. The number of halogens is 4. The van der Waals surface area contributed by atoms with E-state index < -0.39 is 41.2 Å². The topological polar surface area (TPSA) is 55.4 Å². The van der Waals surface area contributed by atoms with E-state index in [0.717, 1.165) is 12.1 Å². The molecule has 0 radical (unpaired) electrons. The maximum Gasteiger partial charge on any atom is 0.416 e. The number of nitrogens with one attached hydrogen (secondary N) is 1. The van der Waals surface area contributed by atoms with Crippen LogP contribution in [0.2, 0.25) is 0 Å². The van der Waals surface area contributed by atoms with Gasteiger partial charge in [-0.1, -0.05) is 6.07 Å². The van der Waals surface area contributed by atoms with Gasteiger partial charge in [-0.2, -0.15) is 13.2 Å². The van der Waals surface area contributed by atoms with E-state index >= 15 is 0 Å². The fourth-order valence-electron chi connectivity index (χ4n) is 1.56. The molecule has 2 amide bonds. The Morgan fingerprint density at radius 2 is 1.89 bits per heavy atom. The van der Waals surface area contributed by atoms with Crippen LogP contribution >= 0.6 is 0 Å². The second-order valence-electron chi connectivity index (χ2n) is 3.50. The molecule has 1 saturated heterocycles. The summed E-state index contributed by atoms with van der Waals surface area (Å²) in [6.07, 6.45) is -7.70. The number of hydrogen-bond acceptors (Lipinski definition) is 3. The number of hydrogen-bond donors (Lipinski definition) is 1. The molecule has 8 heteroatoms. The smallest absolute Gasteiger partial charge is 0.416 e.